The average molecular weight is 546 g/mol. The van der Waals surface area contributed by atoms with Crippen LogP contribution in [0.4, 0.5) is 11.4 Å². The molecule has 37 heavy (non-hydrogen) atoms. The number of nitrogens with zero attached hydrogens (tertiary/aromatic N) is 5. The van der Waals surface area contributed by atoms with Crippen LogP contribution in [0.3, 0.4) is 0 Å². The van der Waals surface area contributed by atoms with Crippen molar-refractivity contribution in [2.24, 2.45) is 0 Å². The summed E-state index contributed by atoms with van der Waals surface area (Å²) >= 11 is 6.11. The van der Waals surface area contributed by atoms with Crippen LogP contribution in [0.5, 0.6) is 17.5 Å². The van der Waals surface area contributed by atoms with Gasteiger partial charge in [0.05, 0.1) is 27.9 Å². The minimum Gasteiger partial charge on any atom is -0.490 e. The van der Waals surface area contributed by atoms with Crippen LogP contribution in [0, 0.1) is 10.1 Å². The number of anilines is 1. The molecule has 1 heterocycles. The van der Waals surface area contributed by atoms with Crippen molar-refractivity contribution < 1.29 is 14.4 Å². The first-order valence-electron chi connectivity index (χ1n) is 11.2. The molecule has 0 amide bonds. The Bertz CT molecular complexity index is 1320. The molecule has 4 aromatic rings. The molecule has 3 aromatic carbocycles. The number of hydrogen-bond acceptors (Lipinski definition) is 9. The number of hydrogen-bond donors (Lipinski definition) is 2. The Morgan fingerprint density at radius 3 is 2.59 bits per heavy atom. The number of para-hydroxylation sites is 1. The topological polar surface area (TPSA) is 129 Å². The standard InChI is InChI=1S/C24H24ClN7O4.ClH/c1-2-35-23-14-17(16-26-12-13-27-21-10-9-19(32(33)34)15-20(21)25)8-11-22(23)36-24-28-29-30-31(24)18-6-4-3-5-7-18;/h3-11,14-15,26-27H,2,12-13,16H2,1H3;1H. The maximum Gasteiger partial charge on any atom is 0.346 e. The van der Waals surface area contributed by atoms with Crippen LogP contribution in [0.2, 0.25) is 5.02 Å². The zero-order chi connectivity index (χ0) is 25.3. The maximum absolute atomic E-state index is 10.8. The van der Waals surface area contributed by atoms with E-state index in [2.05, 4.69) is 26.2 Å². The molecule has 0 bridgehead atoms. The van der Waals surface area contributed by atoms with E-state index >= 15 is 0 Å². The summed E-state index contributed by atoms with van der Waals surface area (Å²) < 4.78 is 13.3. The normalized spacial score (nSPS) is 10.4. The Morgan fingerprint density at radius 2 is 1.86 bits per heavy atom. The molecule has 0 aliphatic carbocycles. The second-order valence-electron chi connectivity index (χ2n) is 7.55. The van der Waals surface area contributed by atoms with Gasteiger partial charge in [0, 0.05) is 31.8 Å². The lowest BCUT2D eigenvalue weighted by Gasteiger charge is -2.13. The zero-order valence-corrected chi connectivity index (χ0v) is 21.4. The lowest BCUT2D eigenvalue weighted by atomic mass is 10.2. The van der Waals surface area contributed by atoms with Crippen molar-refractivity contribution in [2.75, 3.05) is 25.0 Å². The Hall–Kier alpha value is -3.93. The van der Waals surface area contributed by atoms with Crippen molar-refractivity contribution in [2.45, 2.75) is 13.5 Å². The van der Waals surface area contributed by atoms with Gasteiger partial charge in [-0.3, -0.25) is 10.1 Å². The van der Waals surface area contributed by atoms with Crippen molar-refractivity contribution in [3.8, 4) is 23.2 Å². The van der Waals surface area contributed by atoms with Crippen LogP contribution in [0.25, 0.3) is 5.69 Å². The molecule has 0 aliphatic rings. The Kier molecular flexibility index (Phi) is 10.0. The first-order chi connectivity index (χ1) is 17.5. The van der Waals surface area contributed by atoms with Gasteiger partial charge >= 0.3 is 6.01 Å². The highest BCUT2D eigenvalue weighted by Crippen LogP contribution is 2.32. The molecule has 0 saturated carbocycles. The minimum atomic E-state index is -0.477. The summed E-state index contributed by atoms with van der Waals surface area (Å²) in [5, 5.41) is 29.4. The molecular weight excluding hydrogens is 521 g/mol. The van der Waals surface area contributed by atoms with Crippen molar-refractivity contribution in [3.63, 3.8) is 0 Å². The summed E-state index contributed by atoms with van der Waals surface area (Å²) in [5.41, 5.74) is 2.38. The summed E-state index contributed by atoms with van der Waals surface area (Å²) in [7, 11) is 0. The number of nitro benzene ring substituents is 1. The van der Waals surface area contributed by atoms with Crippen molar-refractivity contribution >= 4 is 35.4 Å². The van der Waals surface area contributed by atoms with Gasteiger partial charge < -0.3 is 20.1 Å². The largest absolute Gasteiger partial charge is 0.490 e. The number of nitro groups is 1. The van der Waals surface area contributed by atoms with Gasteiger partial charge in [0.25, 0.3) is 5.69 Å². The quantitative estimate of drug-likeness (QED) is 0.143. The highest BCUT2D eigenvalue weighted by molar-refractivity contribution is 6.33. The number of non-ortho nitro benzene ring substituents is 1. The molecule has 0 fully saturated rings. The number of tetrazole rings is 1. The highest BCUT2D eigenvalue weighted by Gasteiger charge is 2.14. The molecule has 0 aliphatic heterocycles. The van der Waals surface area contributed by atoms with Gasteiger partial charge in [-0.1, -0.05) is 41.0 Å². The van der Waals surface area contributed by atoms with E-state index in [1.54, 1.807) is 6.07 Å². The molecule has 4 rings (SSSR count). The van der Waals surface area contributed by atoms with E-state index in [4.69, 9.17) is 21.1 Å². The summed E-state index contributed by atoms with van der Waals surface area (Å²) in [6.45, 7) is 4.19. The van der Waals surface area contributed by atoms with Gasteiger partial charge in [-0.25, -0.2) is 0 Å². The molecule has 1 aromatic heterocycles. The molecule has 2 N–H and O–H groups in total. The molecular formula is C24H25Cl2N7O4. The van der Waals surface area contributed by atoms with E-state index in [0.29, 0.717) is 48.5 Å². The molecule has 13 heteroatoms. The van der Waals surface area contributed by atoms with E-state index in [-0.39, 0.29) is 24.1 Å². The van der Waals surface area contributed by atoms with Gasteiger partial charge in [0.15, 0.2) is 11.5 Å². The zero-order valence-electron chi connectivity index (χ0n) is 19.8. The number of rotatable bonds is 12. The Morgan fingerprint density at radius 1 is 1.05 bits per heavy atom. The van der Waals surface area contributed by atoms with Crippen LogP contribution in [0.15, 0.2) is 66.7 Å². The fraction of sp³-hybridized carbons (Fsp3) is 0.208. The molecule has 11 nitrogen and oxygen atoms in total. The van der Waals surface area contributed by atoms with Crippen LogP contribution >= 0.6 is 24.0 Å². The van der Waals surface area contributed by atoms with Gasteiger partial charge in [-0.15, -0.1) is 12.4 Å². The van der Waals surface area contributed by atoms with Gasteiger partial charge in [0.1, 0.15) is 0 Å². The molecule has 0 saturated heterocycles. The fourth-order valence-electron chi connectivity index (χ4n) is 3.37. The lowest BCUT2D eigenvalue weighted by Crippen LogP contribution is -2.21. The molecule has 0 atom stereocenters. The number of benzene rings is 3. The Labute approximate surface area is 224 Å². The minimum absolute atomic E-state index is 0. The SMILES string of the molecule is CCOc1cc(CNCCNc2ccc([N+](=O)[O-])cc2Cl)ccc1Oc1nnnn1-c1ccccc1.Cl. The number of aromatic nitrogens is 4. The van der Waals surface area contributed by atoms with Crippen LogP contribution < -0.4 is 20.1 Å². The van der Waals surface area contributed by atoms with Crippen molar-refractivity contribution in [1.29, 1.82) is 0 Å². The van der Waals surface area contributed by atoms with Crippen molar-refractivity contribution in [3.05, 3.63) is 87.4 Å². The highest BCUT2D eigenvalue weighted by atomic mass is 35.5. The molecule has 194 valence electrons. The predicted octanol–water partition coefficient (Wildman–Crippen LogP) is 5.04. The van der Waals surface area contributed by atoms with E-state index in [0.717, 1.165) is 11.3 Å². The third kappa shape index (κ3) is 7.29. The fourth-order valence-corrected chi connectivity index (χ4v) is 3.61. The van der Waals surface area contributed by atoms with Crippen LogP contribution in [-0.4, -0.2) is 44.8 Å². The third-order valence-electron chi connectivity index (χ3n) is 5.06. The lowest BCUT2D eigenvalue weighted by molar-refractivity contribution is -0.384. The van der Waals surface area contributed by atoms with Gasteiger partial charge in [-0.05, 0) is 53.2 Å². The second-order valence-corrected chi connectivity index (χ2v) is 7.96. The molecule has 0 unspecified atom stereocenters. The number of nitrogens with one attached hydrogen (secondary N) is 2. The van der Waals surface area contributed by atoms with E-state index < -0.39 is 4.92 Å². The summed E-state index contributed by atoms with van der Waals surface area (Å²) in [6, 6.07) is 19.7. The smallest absolute Gasteiger partial charge is 0.346 e. The third-order valence-corrected chi connectivity index (χ3v) is 5.37. The van der Waals surface area contributed by atoms with E-state index in [1.807, 2.05) is 55.5 Å². The monoisotopic (exact) mass is 545 g/mol. The van der Waals surface area contributed by atoms with Gasteiger partial charge in [0.2, 0.25) is 0 Å². The van der Waals surface area contributed by atoms with E-state index in [1.165, 1.54) is 16.8 Å². The van der Waals surface area contributed by atoms with Crippen molar-refractivity contribution in [1.82, 2.24) is 25.5 Å². The predicted molar refractivity (Wildman–Crippen MR) is 142 cm³/mol. The Balaban J connectivity index is 0.00000380. The number of halogens is 2. The second kappa shape index (κ2) is 13.4. The van der Waals surface area contributed by atoms with Gasteiger partial charge in [-0.2, -0.15) is 4.68 Å². The summed E-state index contributed by atoms with van der Waals surface area (Å²) in [5.74, 6) is 1.08. The van der Waals surface area contributed by atoms with Crippen LogP contribution in [0.1, 0.15) is 12.5 Å². The summed E-state index contributed by atoms with van der Waals surface area (Å²) in [4.78, 5) is 10.4. The maximum atomic E-state index is 10.8. The number of ether oxygens (including phenoxy) is 2. The summed E-state index contributed by atoms with van der Waals surface area (Å²) in [6.07, 6.45) is 0. The average Bonchev–Trinajstić information content (AvgIpc) is 3.35. The molecule has 0 radical (unpaired) electrons. The molecule has 0 spiro atoms. The van der Waals surface area contributed by atoms with Crippen LogP contribution in [-0.2, 0) is 6.54 Å². The first-order valence-corrected chi connectivity index (χ1v) is 11.6. The van der Waals surface area contributed by atoms with E-state index in [9.17, 15) is 10.1 Å². The first kappa shape index (κ1) is 27.7.